The summed E-state index contributed by atoms with van der Waals surface area (Å²) in [5.41, 5.74) is 0.147. The largest absolute Gasteiger partial charge is 0.492 e. The number of halogens is 4. The van der Waals surface area contributed by atoms with Gasteiger partial charge in [0.25, 0.3) is 0 Å². The first-order valence-electron chi connectivity index (χ1n) is 12.6. The van der Waals surface area contributed by atoms with E-state index in [1.165, 1.54) is 17.4 Å². The average molecular weight is 569 g/mol. The molecule has 0 atom stereocenters. The standard InChI is InChI=1S/C26H28ClF3N4O3S/c27-18-4-3-17(16-22(35)36)15-20(18)37-14-9-25(34-10-1-2-11-34)7-12-33(13-8-25)24-31-19-5-6-21(26(28,29)30)32-23(19)38-24/h3-6,15H,1-2,7-14,16H2,(H,35,36). The third-order valence-corrected chi connectivity index (χ3v) is 8.79. The van der Waals surface area contributed by atoms with Crippen LogP contribution in [-0.4, -0.2) is 64.3 Å². The fourth-order valence-corrected chi connectivity index (χ4v) is 6.59. The predicted molar refractivity (Wildman–Crippen MR) is 140 cm³/mol. The molecule has 2 aromatic heterocycles. The van der Waals surface area contributed by atoms with Crippen molar-refractivity contribution in [3.8, 4) is 5.75 Å². The molecule has 5 rings (SSSR count). The first-order chi connectivity index (χ1) is 18.1. The molecule has 0 unspecified atom stereocenters. The van der Waals surface area contributed by atoms with Gasteiger partial charge in [0.15, 0.2) is 5.13 Å². The van der Waals surface area contributed by atoms with Gasteiger partial charge in [-0.3, -0.25) is 9.69 Å². The fraction of sp³-hybridized carbons (Fsp3) is 0.500. The molecule has 7 nitrogen and oxygen atoms in total. The van der Waals surface area contributed by atoms with Gasteiger partial charge in [0.1, 0.15) is 21.8 Å². The SMILES string of the molecule is O=C(O)Cc1ccc(Cl)c(OCCC2(N3CCCC3)CCN(c3nc4ccc(C(F)(F)F)nc4s3)CC2)c1. The van der Waals surface area contributed by atoms with E-state index in [1.54, 1.807) is 18.2 Å². The van der Waals surface area contributed by atoms with Crippen molar-refractivity contribution in [1.82, 2.24) is 14.9 Å². The lowest BCUT2D eigenvalue weighted by Gasteiger charge is -2.47. The highest BCUT2D eigenvalue weighted by Gasteiger charge is 2.41. The van der Waals surface area contributed by atoms with Crippen LogP contribution in [0.15, 0.2) is 30.3 Å². The van der Waals surface area contributed by atoms with Crippen LogP contribution in [0.3, 0.4) is 0 Å². The van der Waals surface area contributed by atoms with Crippen LogP contribution in [0.5, 0.6) is 5.75 Å². The van der Waals surface area contributed by atoms with Gasteiger partial charge in [0.2, 0.25) is 0 Å². The highest BCUT2D eigenvalue weighted by molar-refractivity contribution is 7.21. The number of pyridine rings is 1. The van der Waals surface area contributed by atoms with Gasteiger partial charge in [-0.05, 0) is 75.0 Å². The van der Waals surface area contributed by atoms with Crippen molar-refractivity contribution in [3.63, 3.8) is 0 Å². The van der Waals surface area contributed by atoms with E-state index in [1.807, 2.05) is 0 Å². The summed E-state index contributed by atoms with van der Waals surface area (Å²) in [4.78, 5) is 24.4. The maximum Gasteiger partial charge on any atom is 0.433 e. The third kappa shape index (κ3) is 5.84. The molecule has 2 saturated heterocycles. The van der Waals surface area contributed by atoms with Gasteiger partial charge in [0.05, 0.1) is 18.1 Å². The van der Waals surface area contributed by atoms with E-state index in [0.29, 0.717) is 38.4 Å². The Labute approximate surface area is 227 Å². The van der Waals surface area contributed by atoms with Crippen molar-refractivity contribution in [2.75, 3.05) is 37.7 Å². The Kier molecular flexibility index (Phi) is 7.70. The molecule has 2 aliphatic heterocycles. The van der Waals surface area contributed by atoms with Gasteiger partial charge >= 0.3 is 12.1 Å². The summed E-state index contributed by atoms with van der Waals surface area (Å²) in [5.74, 6) is -0.428. The number of aliphatic carboxylic acids is 1. The smallest absolute Gasteiger partial charge is 0.433 e. The summed E-state index contributed by atoms with van der Waals surface area (Å²) in [6, 6.07) is 7.40. The molecule has 3 aromatic rings. The molecule has 12 heteroatoms. The number of anilines is 1. The van der Waals surface area contributed by atoms with Crippen LogP contribution in [0.4, 0.5) is 18.3 Å². The van der Waals surface area contributed by atoms with Crippen molar-refractivity contribution < 1.29 is 27.8 Å². The number of benzene rings is 1. The van der Waals surface area contributed by atoms with Crippen LogP contribution in [0, 0.1) is 0 Å². The van der Waals surface area contributed by atoms with Crippen molar-refractivity contribution in [1.29, 1.82) is 0 Å². The second kappa shape index (κ2) is 10.9. The number of ether oxygens (including phenoxy) is 1. The minimum absolute atomic E-state index is 0.0590. The van der Waals surface area contributed by atoms with E-state index in [0.717, 1.165) is 64.3 Å². The minimum atomic E-state index is -4.48. The van der Waals surface area contributed by atoms with Gasteiger partial charge in [-0.2, -0.15) is 13.2 Å². The van der Waals surface area contributed by atoms with E-state index < -0.39 is 17.8 Å². The van der Waals surface area contributed by atoms with Crippen LogP contribution in [0.1, 0.15) is 43.4 Å². The number of alkyl halides is 3. The molecule has 0 spiro atoms. The lowest BCUT2D eigenvalue weighted by atomic mass is 9.83. The average Bonchev–Trinajstić information content (AvgIpc) is 3.56. The number of fused-ring (bicyclic) bond motifs is 1. The lowest BCUT2D eigenvalue weighted by Crippen LogP contribution is -2.55. The van der Waals surface area contributed by atoms with Gasteiger partial charge in [-0.15, -0.1) is 0 Å². The zero-order chi connectivity index (χ0) is 26.9. The van der Waals surface area contributed by atoms with Gasteiger partial charge in [-0.1, -0.05) is 29.0 Å². The molecule has 38 heavy (non-hydrogen) atoms. The molecule has 204 valence electrons. The number of likely N-dealkylation sites (tertiary alicyclic amines) is 1. The van der Waals surface area contributed by atoms with Crippen molar-refractivity contribution >= 4 is 44.4 Å². The molecule has 0 bridgehead atoms. The van der Waals surface area contributed by atoms with E-state index in [9.17, 15) is 18.0 Å². The molecular formula is C26H28ClF3N4O3S. The molecular weight excluding hydrogens is 541 g/mol. The molecule has 0 aliphatic carbocycles. The molecule has 0 radical (unpaired) electrons. The highest BCUT2D eigenvalue weighted by atomic mass is 35.5. The van der Waals surface area contributed by atoms with Crippen LogP contribution in [-0.2, 0) is 17.4 Å². The number of thiazole rings is 1. The van der Waals surface area contributed by atoms with Gasteiger partial charge in [-0.25, -0.2) is 9.97 Å². The Morgan fingerprint density at radius 3 is 2.53 bits per heavy atom. The van der Waals surface area contributed by atoms with Crippen LogP contribution < -0.4 is 9.64 Å². The van der Waals surface area contributed by atoms with Crippen LogP contribution in [0.2, 0.25) is 5.02 Å². The third-order valence-electron chi connectivity index (χ3n) is 7.45. The summed E-state index contributed by atoms with van der Waals surface area (Å²) >= 11 is 7.51. The van der Waals surface area contributed by atoms with Crippen LogP contribution in [0.25, 0.3) is 10.3 Å². The normalized spacial score (nSPS) is 18.3. The van der Waals surface area contributed by atoms with Crippen molar-refractivity contribution in [3.05, 3.63) is 46.6 Å². The number of carboxylic acids is 1. The minimum Gasteiger partial charge on any atom is -0.492 e. The number of hydrogen-bond donors (Lipinski definition) is 1. The Morgan fingerprint density at radius 1 is 1.11 bits per heavy atom. The number of rotatable bonds is 8. The second-order valence-corrected chi connectivity index (χ2v) is 11.2. The van der Waals surface area contributed by atoms with Gasteiger partial charge < -0.3 is 14.7 Å². The summed E-state index contributed by atoms with van der Waals surface area (Å²) < 4.78 is 45.3. The monoisotopic (exact) mass is 568 g/mol. The first kappa shape index (κ1) is 27.0. The number of aromatic nitrogens is 2. The molecule has 1 aromatic carbocycles. The first-order valence-corrected chi connectivity index (χ1v) is 13.8. The summed E-state index contributed by atoms with van der Waals surface area (Å²) in [5, 5.41) is 10.2. The predicted octanol–water partition coefficient (Wildman–Crippen LogP) is 5.89. The molecule has 2 aliphatic rings. The van der Waals surface area contributed by atoms with E-state index in [-0.39, 0.29) is 12.0 Å². The summed E-state index contributed by atoms with van der Waals surface area (Å²) in [6.07, 6.45) is 0.265. The Balaban J connectivity index is 1.27. The number of carboxylic acid groups (broad SMARTS) is 1. The van der Waals surface area contributed by atoms with E-state index >= 15 is 0 Å². The maximum absolute atomic E-state index is 13.1. The maximum atomic E-state index is 13.1. The zero-order valence-electron chi connectivity index (χ0n) is 20.6. The molecule has 0 amide bonds. The summed E-state index contributed by atoms with van der Waals surface area (Å²) in [7, 11) is 0. The van der Waals surface area contributed by atoms with E-state index in [2.05, 4.69) is 19.8 Å². The Morgan fingerprint density at radius 2 is 1.84 bits per heavy atom. The van der Waals surface area contributed by atoms with Crippen molar-refractivity contribution in [2.45, 2.75) is 50.2 Å². The number of hydrogen-bond acceptors (Lipinski definition) is 7. The topological polar surface area (TPSA) is 78.8 Å². The number of carbonyl (C=O) groups is 1. The van der Waals surface area contributed by atoms with Crippen LogP contribution >= 0.6 is 22.9 Å². The van der Waals surface area contributed by atoms with Gasteiger partial charge in [0, 0.05) is 18.6 Å². The van der Waals surface area contributed by atoms with E-state index in [4.69, 9.17) is 21.4 Å². The zero-order valence-corrected chi connectivity index (χ0v) is 22.2. The molecule has 2 fully saturated rings. The Bertz CT molecular complexity index is 1300. The molecule has 1 N–H and O–H groups in total. The lowest BCUT2D eigenvalue weighted by molar-refractivity contribution is -0.141. The molecule has 0 saturated carbocycles. The fourth-order valence-electron chi connectivity index (χ4n) is 5.42. The second-order valence-electron chi connectivity index (χ2n) is 9.85. The summed E-state index contributed by atoms with van der Waals surface area (Å²) in [6.45, 7) is 3.97. The van der Waals surface area contributed by atoms with Crippen molar-refractivity contribution in [2.24, 2.45) is 0 Å². The number of nitrogens with zero attached hydrogens (tertiary/aromatic N) is 4. The number of piperidine rings is 1. The Hall–Kier alpha value is -2.63. The molecule has 4 heterocycles. The highest BCUT2D eigenvalue weighted by Crippen LogP contribution is 2.39. The quantitative estimate of drug-likeness (QED) is 0.363.